The molecule has 5 heterocycles. The molecule has 0 radical (unpaired) electrons. The summed E-state index contributed by atoms with van der Waals surface area (Å²) in [5.74, 6) is 1.05. The first kappa shape index (κ1) is 18.8. The summed E-state index contributed by atoms with van der Waals surface area (Å²) in [6.07, 6.45) is 11.6. The van der Waals surface area contributed by atoms with Crippen molar-refractivity contribution in [1.82, 2.24) is 10.6 Å². The summed E-state index contributed by atoms with van der Waals surface area (Å²) < 4.78 is 15.0. The quantitative estimate of drug-likeness (QED) is 0.439. The van der Waals surface area contributed by atoms with Gasteiger partial charge >= 0.3 is 5.96 Å². The first-order chi connectivity index (χ1) is 12.2. The number of hydrogen-bond acceptors (Lipinski definition) is 5. The van der Waals surface area contributed by atoms with Gasteiger partial charge in [0.2, 0.25) is 0 Å². The maximum absolute atomic E-state index is 10.7. The summed E-state index contributed by atoms with van der Waals surface area (Å²) in [7, 11) is 0. The van der Waals surface area contributed by atoms with Crippen LogP contribution >= 0.6 is 0 Å². The molecule has 0 aromatic rings. The molecule has 3 saturated heterocycles. The Morgan fingerprint density at radius 3 is 2.31 bits per heavy atom. The molecule has 2 spiro atoms. The Morgan fingerprint density at radius 1 is 0.885 bits per heavy atom. The van der Waals surface area contributed by atoms with Gasteiger partial charge in [0.25, 0.3) is 0 Å². The molecular weight excluding hydrogens is 354 g/mol. The highest BCUT2D eigenvalue weighted by Crippen LogP contribution is 2.40. The van der Waals surface area contributed by atoms with Crippen LogP contribution < -0.4 is 23.0 Å². The molecular formula is C19H32ClN3O3. The average Bonchev–Trinajstić information content (AvgIpc) is 2.83. The van der Waals surface area contributed by atoms with Crippen molar-refractivity contribution in [1.29, 1.82) is 0 Å². The van der Waals surface area contributed by atoms with E-state index >= 15 is 0 Å². The molecule has 3 fully saturated rings. The standard InChI is InChI=1S/C19H31N3O3.ClH/c23-16-7-6-14-12-18(9-3-5-11-24-18)20-17-21-19(13-15(16)22(14)17)8-2-1-4-10-25-19;/h14-16,23H,1-13H2,(H,20,21);1H/t14-,15+,16-,18-,19-;/m0./s1. The monoisotopic (exact) mass is 385 g/mol. The number of hydrogen-bond donors (Lipinski definition) is 3. The summed E-state index contributed by atoms with van der Waals surface area (Å²) >= 11 is 0. The largest absolute Gasteiger partial charge is 1.00 e. The van der Waals surface area contributed by atoms with Crippen LogP contribution in [-0.2, 0) is 9.47 Å². The van der Waals surface area contributed by atoms with Gasteiger partial charge in [-0.3, -0.25) is 4.58 Å². The Hall–Kier alpha value is -0.560. The zero-order valence-electron chi connectivity index (χ0n) is 15.5. The highest BCUT2D eigenvalue weighted by Gasteiger charge is 2.57. The van der Waals surface area contributed by atoms with E-state index < -0.39 is 0 Å². The predicted octanol–water partition coefficient (Wildman–Crippen LogP) is -1.58. The normalized spacial score (nSPS) is 45.2. The zero-order valence-corrected chi connectivity index (χ0v) is 16.3. The van der Waals surface area contributed by atoms with E-state index in [0.29, 0.717) is 6.04 Å². The molecule has 26 heavy (non-hydrogen) atoms. The Bertz CT molecular complexity index is 556. The minimum Gasteiger partial charge on any atom is -1.00 e. The fourth-order valence-corrected chi connectivity index (χ4v) is 5.75. The second-order valence-corrected chi connectivity index (χ2v) is 8.73. The maximum atomic E-state index is 10.7. The van der Waals surface area contributed by atoms with Gasteiger partial charge in [-0.15, -0.1) is 0 Å². The minimum absolute atomic E-state index is 0. The molecule has 7 heteroatoms. The van der Waals surface area contributed by atoms with Crippen molar-refractivity contribution in [3.63, 3.8) is 0 Å². The maximum Gasteiger partial charge on any atom is 0.351 e. The molecule has 5 atom stereocenters. The lowest BCUT2D eigenvalue weighted by Gasteiger charge is -2.51. The van der Waals surface area contributed by atoms with E-state index in [0.717, 1.165) is 70.5 Å². The molecule has 0 saturated carbocycles. The van der Waals surface area contributed by atoms with Crippen molar-refractivity contribution < 1.29 is 31.6 Å². The highest BCUT2D eigenvalue weighted by atomic mass is 35.5. The summed E-state index contributed by atoms with van der Waals surface area (Å²) in [6.45, 7) is 1.66. The predicted molar refractivity (Wildman–Crippen MR) is 93.3 cm³/mol. The minimum atomic E-state index is -0.323. The van der Waals surface area contributed by atoms with Gasteiger partial charge < -0.3 is 27.0 Å². The lowest BCUT2D eigenvalue weighted by atomic mass is 9.81. The SMILES string of the molecule is O[C@H]1CC[C@H]2C[C@@]3(CCCCO3)NC3=[N+]2[C@@H]1C[C@@]1(CCCCCO1)N3.[Cl-]. The van der Waals surface area contributed by atoms with Crippen LogP contribution in [0.15, 0.2) is 0 Å². The van der Waals surface area contributed by atoms with Gasteiger partial charge in [0, 0.05) is 25.7 Å². The summed E-state index contributed by atoms with van der Waals surface area (Å²) in [5, 5.41) is 18.2. The van der Waals surface area contributed by atoms with E-state index in [9.17, 15) is 5.11 Å². The Morgan fingerprint density at radius 2 is 1.54 bits per heavy atom. The van der Waals surface area contributed by atoms with Crippen LogP contribution in [0, 0.1) is 0 Å². The molecule has 0 unspecified atom stereocenters. The molecule has 5 aliphatic heterocycles. The molecule has 5 rings (SSSR count). The van der Waals surface area contributed by atoms with E-state index in [2.05, 4.69) is 15.2 Å². The van der Waals surface area contributed by atoms with Crippen LogP contribution in [0.3, 0.4) is 0 Å². The van der Waals surface area contributed by atoms with Crippen molar-refractivity contribution in [3.8, 4) is 0 Å². The highest BCUT2D eigenvalue weighted by molar-refractivity contribution is 5.77. The topological polar surface area (TPSA) is 65.8 Å². The van der Waals surface area contributed by atoms with Gasteiger partial charge in [-0.1, -0.05) is 6.42 Å². The van der Waals surface area contributed by atoms with Crippen LogP contribution in [0.1, 0.15) is 70.6 Å². The van der Waals surface area contributed by atoms with Gasteiger partial charge in [-0.05, 0) is 38.5 Å². The molecule has 0 bridgehead atoms. The Labute approximate surface area is 162 Å². The number of nitrogens with zero attached hydrogens (tertiary/aromatic N) is 1. The number of nitrogens with one attached hydrogen (secondary N) is 2. The first-order valence-electron chi connectivity index (χ1n) is 10.4. The average molecular weight is 386 g/mol. The number of ether oxygens (including phenoxy) is 2. The van der Waals surface area contributed by atoms with Crippen molar-refractivity contribution in [2.75, 3.05) is 13.2 Å². The van der Waals surface area contributed by atoms with Gasteiger partial charge in [0.1, 0.15) is 6.04 Å². The molecule has 5 aliphatic rings. The third kappa shape index (κ3) is 3.13. The number of aliphatic hydroxyl groups is 1. The second kappa shape index (κ2) is 7.12. The Kier molecular flexibility index (Phi) is 5.14. The van der Waals surface area contributed by atoms with Crippen molar-refractivity contribution >= 4 is 5.96 Å². The van der Waals surface area contributed by atoms with E-state index in [1.807, 2.05) is 0 Å². The fraction of sp³-hybridized carbons (Fsp3) is 0.947. The fourth-order valence-electron chi connectivity index (χ4n) is 5.75. The third-order valence-corrected chi connectivity index (χ3v) is 7.00. The second-order valence-electron chi connectivity index (χ2n) is 8.73. The van der Waals surface area contributed by atoms with E-state index in [1.54, 1.807) is 0 Å². The first-order valence-corrected chi connectivity index (χ1v) is 10.4. The van der Waals surface area contributed by atoms with E-state index in [1.165, 1.54) is 19.3 Å². The van der Waals surface area contributed by atoms with Gasteiger partial charge in [-0.25, -0.2) is 10.6 Å². The van der Waals surface area contributed by atoms with Gasteiger partial charge in [0.05, 0.1) is 25.4 Å². The molecule has 148 valence electrons. The molecule has 0 amide bonds. The number of piperidine rings is 1. The van der Waals surface area contributed by atoms with Crippen molar-refractivity contribution in [3.05, 3.63) is 0 Å². The van der Waals surface area contributed by atoms with Gasteiger partial charge in [-0.2, -0.15) is 0 Å². The van der Waals surface area contributed by atoms with Crippen LogP contribution in [-0.4, -0.2) is 58.5 Å². The van der Waals surface area contributed by atoms with Crippen LogP contribution in [0.4, 0.5) is 0 Å². The van der Waals surface area contributed by atoms with Crippen molar-refractivity contribution in [2.45, 2.75) is 100 Å². The summed E-state index contributed by atoms with van der Waals surface area (Å²) in [4.78, 5) is 0. The van der Waals surface area contributed by atoms with Crippen LogP contribution in [0.2, 0.25) is 0 Å². The number of rotatable bonds is 0. The number of guanidine groups is 1. The van der Waals surface area contributed by atoms with Crippen molar-refractivity contribution in [2.24, 2.45) is 0 Å². The van der Waals surface area contributed by atoms with Crippen LogP contribution in [0.5, 0.6) is 0 Å². The number of halogens is 1. The van der Waals surface area contributed by atoms with Gasteiger partial charge in [0.15, 0.2) is 11.4 Å². The third-order valence-electron chi connectivity index (χ3n) is 7.00. The summed E-state index contributed by atoms with van der Waals surface area (Å²) in [5.41, 5.74) is -0.548. The lowest BCUT2D eigenvalue weighted by molar-refractivity contribution is -0.643. The molecule has 3 N–H and O–H groups in total. The smallest absolute Gasteiger partial charge is 0.351 e. The summed E-state index contributed by atoms with van der Waals surface area (Å²) in [6, 6.07) is 0.611. The van der Waals surface area contributed by atoms with Crippen LogP contribution in [0.25, 0.3) is 0 Å². The Balaban J connectivity index is 0.00000168. The molecule has 0 aromatic heterocycles. The zero-order chi connectivity index (χ0) is 16.9. The molecule has 0 aliphatic carbocycles. The number of aliphatic hydroxyl groups excluding tert-OH is 1. The molecule has 6 nitrogen and oxygen atoms in total. The van der Waals surface area contributed by atoms with E-state index in [-0.39, 0.29) is 36.0 Å². The molecule has 0 aromatic carbocycles. The lowest BCUT2D eigenvalue weighted by Crippen LogP contribution is -3.00. The van der Waals surface area contributed by atoms with E-state index in [4.69, 9.17) is 9.47 Å².